The highest BCUT2D eigenvalue weighted by atomic mass is 79.9. The molecule has 1 aromatic heterocycles. The Morgan fingerprint density at radius 1 is 1.28 bits per heavy atom. The summed E-state index contributed by atoms with van der Waals surface area (Å²) in [6, 6.07) is 6.34. The minimum atomic E-state index is 0.000254. The summed E-state index contributed by atoms with van der Waals surface area (Å²) in [4.78, 5) is 4.64. The molecule has 0 unspecified atom stereocenters. The van der Waals surface area contributed by atoms with Crippen molar-refractivity contribution in [1.82, 2.24) is 4.98 Å². The quantitative estimate of drug-likeness (QED) is 0.621. The molecule has 96 valence electrons. The number of aromatic nitrogens is 1. The van der Waals surface area contributed by atoms with Crippen LogP contribution in [0.4, 0.5) is 5.82 Å². The fourth-order valence-corrected chi connectivity index (χ4v) is 2.44. The van der Waals surface area contributed by atoms with Crippen molar-refractivity contribution in [2.45, 2.75) is 33.1 Å². The van der Waals surface area contributed by atoms with Gasteiger partial charge in [0.25, 0.3) is 0 Å². The topological polar surface area (TPSA) is 50.9 Å². The van der Waals surface area contributed by atoms with Crippen molar-refractivity contribution in [3.05, 3.63) is 33.8 Å². The lowest BCUT2D eigenvalue weighted by Crippen LogP contribution is -2.19. The Morgan fingerprint density at radius 3 is 2.50 bits per heavy atom. The number of hydrogen-bond donors (Lipinski definition) is 2. The van der Waals surface area contributed by atoms with Gasteiger partial charge < -0.3 is 5.43 Å². The van der Waals surface area contributed by atoms with Crippen LogP contribution in [-0.2, 0) is 5.41 Å². The number of fused-ring (bicyclic) bond motifs is 1. The van der Waals surface area contributed by atoms with E-state index in [1.165, 1.54) is 5.56 Å². The summed E-state index contributed by atoms with van der Waals surface area (Å²) in [5.74, 6) is 6.34. The standard InChI is InChI=1S/C14H18BrN3/c1-8-5-6-9-7-10(14(2,3)4)13(18-16)17-12(9)11(8)15/h5-7H,16H2,1-4H3,(H,17,18). The summed E-state index contributed by atoms with van der Waals surface area (Å²) >= 11 is 3.59. The van der Waals surface area contributed by atoms with E-state index >= 15 is 0 Å². The zero-order chi connectivity index (χ0) is 13.5. The van der Waals surface area contributed by atoms with Crippen LogP contribution in [0.1, 0.15) is 31.9 Å². The number of nitrogens with two attached hydrogens (primary N) is 1. The van der Waals surface area contributed by atoms with Crippen LogP contribution in [0.5, 0.6) is 0 Å². The number of pyridine rings is 1. The van der Waals surface area contributed by atoms with Gasteiger partial charge in [0.15, 0.2) is 0 Å². The lowest BCUT2D eigenvalue weighted by molar-refractivity contribution is 0.590. The lowest BCUT2D eigenvalue weighted by atomic mass is 9.86. The molecule has 1 heterocycles. The fraction of sp³-hybridized carbons (Fsp3) is 0.357. The molecule has 0 aliphatic carbocycles. The molecule has 0 spiro atoms. The predicted octanol–water partition coefficient (Wildman–Crippen LogP) is 3.89. The molecule has 0 aliphatic heterocycles. The third kappa shape index (κ3) is 2.22. The number of anilines is 1. The van der Waals surface area contributed by atoms with Gasteiger partial charge in [0.1, 0.15) is 5.82 Å². The molecular weight excluding hydrogens is 290 g/mol. The van der Waals surface area contributed by atoms with Crippen molar-refractivity contribution in [3.8, 4) is 0 Å². The van der Waals surface area contributed by atoms with Crippen molar-refractivity contribution in [3.63, 3.8) is 0 Å². The monoisotopic (exact) mass is 307 g/mol. The van der Waals surface area contributed by atoms with Crippen molar-refractivity contribution in [1.29, 1.82) is 0 Å². The average molecular weight is 308 g/mol. The molecule has 2 rings (SSSR count). The van der Waals surface area contributed by atoms with Gasteiger partial charge in [-0.1, -0.05) is 32.9 Å². The van der Waals surface area contributed by atoms with Crippen LogP contribution in [-0.4, -0.2) is 4.98 Å². The Kier molecular flexibility index (Phi) is 3.34. The number of hydrazine groups is 1. The van der Waals surface area contributed by atoms with Crippen molar-refractivity contribution in [2.24, 2.45) is 5.84 Å². The van der Waals surface area contributed by atoms with E-state index < -0.39 is 0 Å². The van der Waals surface area contributed by atoms with E-state index in [2.05, 4.69) is 72.2 Å². The molecule has 0 aliphatic rings. The van der Waals surface area contributed by atoms with Crippen molar-refractivity contribution in [2.75, 3.05) is 5.43 Å². The first-order valence-electron chi connectivity index (χ1n) is 5.91. The fourth-order valence-electron chi connectivity index (χ4n) is 1.99. The van der Waals surface area contributed by atoms with Crippen LogP contribution >= 0.6 is 15.9 Å². The Hall–Kier alpha value is -1.13. The highest BCUT2D eigenvalue weighted by Crippen LogP contribution is 2.34. The number of nitrogen functional groups attached to an aromatic ring is 1. The normalized spacial score (nSPS) is 11.9. The van der Waals surface area contributed by atoms with Crippen molar-refractivity contribution < 1.29 is 0 Å². The summed E-state index contributed by atoms with van der Waals surface area (Å²) in [7, 11) is 0. The zero-order valence-electron chi connectivity index (χ0n) is 11.1. The SMILES string of the molecule is Cc1ccc2cc(C(C)(C)C)c(NN)nc2c1Br. The van der Waals surface area contributed by atoms with E-state index in [1.54, 1.807) is 0 Å². The van der Waals surface area contributed by atoms with E-state index in [1.807, 2.05) is 0 Å². The first kappa shape index (κ1) is 13.3. The lowest BCUT2D eigenvalue weighted by Gasteiger charge is -2.22. The van der Waals surface area contributed by atoms with Gasteiger partial charge >= 0.3 is 0 Å². The molecule has 0 saturated heterocycles. The van der Waals surface area contributed by atoms with Gasteiger partial charge in [0, 0.05) is 15.4 Å². The second kappa shape index (κ2) is 4.52. The molecule has 2 aromatic rings. The summed E-state index contributed by atoms with van der Waals surface area (Å²) in [5.41, 5.74) is 5.94. The molecule has 0 radical (unpaired) electrons. The van der Waals surface area contributed by atoms with E-state index in [0.29, 0.717) is 0 Å². The van der Waals surface area contributed by atoms with Gasteiger partial charge in [0.05, 0.1) is 5.52 Å². The number of halogens is 1. The predicted molar refractivity (Wildman–Crippen MR) is 80.7 cm³/mol. The van der Waals surface area contributed by atoms with Crippen LogP contribution in [0.25, 0.3) is 10.9 Å². The summed E-state index contributed by atoms with van der Waals surface area (Å²) < 4.78 is 1.02. The first-order valence-corrected chi connectivity index (χ1v) is 6.71. The van der Waals surface area contributed by atoms with Gasteiger partial charge in [-0.2, -0.15) is 0 Å². The molecule has 0 atom stereocenters. The number of aryl methyl sites for hydroxylation is 1. The van der Waals surface area contributed by atoms with Crippen LogP contribution in [0.3, 0.4) is 0 Å². The summed E-state index contributed by atoms with van der Waals surface area (Å²) in [6.45, 7) is 8.51. The maximum absolute atomic E-state index is 5.60. The minimum Gasteiger partial charge on any atom is -0.308 e. The maximum atomic E-state index is 5.60. The maximum Gasteiger partial charge on any atom is 0.144 e. The number of hydrogen-bond acceptors (Lipinski definition) is 3. The molecule has 3 nitrogen and oxygen atoms in total. The van der Waals surface area contributed by atoms with Crippen molar-refractivity contribution >= 4 is 32.7 Å². The molecule has 1 aromatic carbocycles. The second-order valence-electron chi connectivity index (χ2n) is 5.55. The first-order chi connectivity index (χ1) is 8.34. The highest BCUT2D eigenvalue weighted by Gasteiger charge is 2.20. The molecular formula is C14H18BrN3. The van der Waals surface area contributed by atoms with Crippen LogP contribution in [0.2, 0.25) is 0 Å². The minimum absolute atomic E-state index is 0.000254. The molecule has 4 heteroatoms. The smallest absolute Gasteiger partial charge is 0.144 e. The van der Waals surface area contributed by atoms with E-state index in [-0.39, 0.29) is 5.41 Å². The number of nitrogens with one attached hydrogen (secondary N) is 1. The van der Waals surface area contributed by atoms with Gasteiger partial charge in [-0.25, -0.2) is 10.8 Å². The molecule has 0 saturated carbocycles. The Morgan fingerprint density at radius 2 is 1.94 bits per heavy atom. The summed E-state index contributed by atoms with van der Waals surface area (Å²) in [6.07, 6.45) is 0. The van der Waals surface area contributed by atoms with Gasteiger partial charge in [-0.05, 0) is 39.9 Å². The molecule has 0 fully saturated rings. The molecule has 0 amide bonds. The number of benzene rings is 1. The van der Waals surface area contributed by atoms with E-state index in [4.69, 9.17) is 5.84 Å². The second-order valence-corrected chi connectivity index (χ2v) is 6.34. The highest BCUT2D eigenvalue weighted by molar-refractivity contribution is 9.10. The largest absolute Gasteiger partial charge is 0.308 e. The Balaban J connectivity index is 2.81. The van der Waals surface area contributed by atoms with Crippen LogP contribution in [0, 0.1) is 6.92 Å². The third-order valence-electron chi connectivity index (χ3n) is 3.06. The van der Waals surface area contributed by atoms with Gasteiger partial charge in [-0.3, -0.25) is 0 Å². The molecule has 3 N–H and O–H groups in total. The average Bonchev–Trinajstić information content (AvgIpc) is 2.31. The molecule has 0 bridgehead atoms. The number of rotatable bonds is 1. The Bertz CT molecular complexity index is 600. The van der Waals surface area contributed by atoms with E-state index in [0.717, 1.165) is 26.8 Å². The third-order valence-corrected chi connectivity index (χ3v) is 4.06. The van der Waals surface area contributed by atoms with Gasteiger partial charge in [-0.15, -0.1) is 0 Å². The van der Waals surface area contributed by atoms with Crippen LogP contribution < -0.4 is 11.3 Å². The molecule has 18 heavy (non-hydrogen) atoms. The van der Waals surface area contributed by atoms with Crippen LogP contribution in [0.15, 0.2) is 22.7 Å². The summed E-state index contributed by atoms with van der Waals surface area (Å²) in [5, 5.41) is 1.12. The van der Waals surface area contributed by atoms with Gasteiger partial charge in [0.2, 0.25) is 0 Å². The number of nitrogens with zero attached hydrogens (tertiary/aromatic N) is 1. The Labute approximate surface area is 116 Å². The zero-order valence-corrected chi connectivity index (χ0v) is 12.7. The van der Waals surface area contributed by atoms with E-state index in [9.17, 15) is 0 Å².